The first-order valence-electron chi connectivity index (χ1n) is 7.43. The predicted molar refractivity (Wildman–Crippen MR) is 83.9 cm³/mol. The van der Waals surface area contributed by atoms with Crippen LogP contribution in [0.3, 0.4) is 0 Å². The molecule has 0 fully saturated rings. The largest absolute Gasteiger partial charge is 0.497 e. The number of nitrogens with one attached hydrogen (secondary N) is 2. The van der Waals surface area contributed by atoms with Gasteiger partial charge in [-0.3, -0.25) is 0 Å². The Labute approximate surface area is 122 Å². The summed E-state index contributed by atoms with van der Waals surface area (Å²) in [5, 5.41) is 6.79. The molecule has 0 aliphatic carbocycles. The number of hydrogen-bond donors (Lipinski definition) is 2. The fourth-order valence-corrected chi connectivity index (χ4v) is 2.07. The van der Waals surface area contributed by atoms with Crippen LogP contribution in [0.4, 0.5) is 0 Å². The second-order valence-electron chi connectivity index (χ2n) is 4.78. The van der Waals surface area contributed by atoms with Crippen LogP contribution in [0.25, 0.3) is 0 Å². The summed E-state index contributed by atoms with van der Waals surface area (Å²) in [6.45, 7) is 6.41. The summed E-state index contributed by atoms with van der Waals surface area (Å²) >= 11 is 0. The summed E-state index contributed by atoms with van der Waals surface area (Å²) in [6, 6.07) is 6.06. The molecule has 20 heavy (non-hydrogen) atoms. The van der Waals surface area contributed by atoms with E-state index in [2.05, 4.69) is 29.7 Å². The fourth-order valence-electron chi connectivity index (χ4n) is 2.07. The molecule has 0 aromatic heterocycles. The smallest absolute Gasteiger partial charge is 0.122 e. The highest BCUT2D eigenvalue weighted by Gasteiger charge is 2.01. The zero-order valence-corrected chi connectivity index (χ0v) is 13.0. The molecule has 1 aromatic rings. The van der Waals surface area contributed by atoms with E-state index >= 15 is 0 Å². The minimum Gasteiger partial charge on any atom is -0.497 e. The van der Waals surface area contributed by atoms with E-state index in [9.17, 15) is 0 Å². The Morgan fingerprint density at radius 2 is 1.45 bits per heavy atom. The highest BCUT2D eigenvalue weighted by atomic mass is 16.5. The van der Waals surface area contributed by atoms with Crippen LogP contribution in [0.1, 0.15) is 25.3 Å². The minimum atomic E-state index is 0.859. The molecule has 0 spiro atoms. The van der Waals surface area contributed by atoms with Crippen molar-refractivity contribution in [2.24, 2.45) is 0 Å². The van der Waals surface area contributed by atoms with E-state index in [1.165, 1.54) is 12.0 Å². The van der Waals surface area contributed by atoms with E-state index in [0.29, 0.717) is 0 Å². The summed E-state index contributed by atoms with van der Waals surface area (Å²) < 4.78 is 10.6. The average molecular weight is 280 g/mol. The molecule has 0 aliphatic rings. The van der Waals surface area contributed by atoms with Gasteiger partial charge in [-0.25, -0.2) is 0 Å². The van der Waals surface area contributed by atoms with Crippen molar-refractivity contribution in [3.05, 3.63) is 23.8 Å². The maximum Gasteiger partial charge on any atom is 0.122 e. The molecule has 0 heterocycles. The van der Waals surface area contributed by atoms with E-state index in [1.807, 2.05) is 6.07 Å². The van der Waals surface area contributed by atoms with Gasteiger partial charge in [-0.2, -0.15) is 0 Å². The first kappa shape index (κ1) is 16.8. The van der Waals surface area contributed by atoms with Crippen molar-refractivity contribution in [3.8, 4) is 11.5 Å². The highest BCUT2D eigenvalue weighted by Crippen LogP contribution is 2.23. The molecule has 0 saturated heterocycles. The molecular formula is C16H28N2O2. The van der Waals surface area contributed by atoms with Crippen molar-refractivity contribution in [1.82, 2.24) is 10.6 Å². The van der Waals surface area contributed by atoms with E-state index in [-0.39, 0.29) is 0 Å². The van der Waals surface area contributed by atoms with Gasteiger partial charge in [0.1, 0.15) is 11.5 Å². The van der Waals surface area contributed by atoms with Gasteiger partial charge in [0, 0.05) is 6.07 Å². The lowest BCUT2D eigenvalue weighted by molar-refractivity contribution is 0.393. The van der Waals surface area contributed by atoms with Crippen LogP contribution in [0.5, 0.6) is 11.5 Å². The Kier molecular flexibility index (Phi) is 8.83. The van der Waals surface area contributed by atoms with Crippen LogP contribution in [0, 0.1) is 0 Å². The molecule has 0 amide bonds. The van der Waals surface area contributed by atoms with E-state index in [4.69, 9.17) is 9.47 Å². The Bertz CT molecular complexity index is 347. The monoisotopic (exact) mass is 280 g/mol. The topological polar surface area (TPSA) is 42.5 Å². The molecule has 0 bridgehead atoms. The van der Waals surface area contributed by atoms with Crippen molar-refractivity contribution < 1.29 is 9.47 Å². The quantitative estimate of drug-likeness (QED) is 0.610. The third-order valence-electron chi connectivity index (χ3n) is 3.19. The van der Waals surface area contributed by atoms with Crippen molar-refractivity contribution in [2.45, 2.75) is 26.2 Å². The standard InChI is InChI=1S/C16H28N2O2/c1-4-17-9-6-10-18-8-5-7-14-11-15(19-2)13-16(12-14)20-3/h11-13,17-18H,4-10H2,1-3H3. The summed E-state index contributed by atoms with van der Waals surface area (Å²) in [6.07, 6.45) is 3.34. The second kappa shape index (κ2) is 10.5. The minimum absolute atomic E-state index is 0.859. The van der Waals surface area contributed by atoms with Gasteiger partial charge in [0.15, 0.2) is 0 Å². The molecular weight excluding hydrogens is 252 g/mol. The number of benzene rings is 1. The lowest BCUT2D eigenvalue weighted by Crippen LogP contribution is -2.22. The molecule has 114 valence electrons. The van der Waals surface area contributed by atoms with Crippen LogP contribution in [-0.4, -0.2) is 40.4 Å². The molecule has 0 saturated carbocycles. The summed E-state index contributed by atoms with van der Waals surface area (Å²) in [7, 11) is 3.37. The number of aryl methyl sites for hydroxylation is 1. The Hall–Kier alpha value is -1.26. The third kappa shape index (κ3) is 6.78. The maximum atomic E-state index is 5.28. The van der Waals surface area contributed by atoms with Crippen LogP contribution in [0.2, 0.25) is 0 Å². The van der Waals surface area contributed by atoms with Crippen molar-refractivity contribution in [2.75, 3.05) is 40.4 Å². The molecule has 1 rings (SSSR count). The van der Waals surface area contributed by atoms with Gasteiger partial charge in [-0.1, -0.05) is 6.92 Å². The van der Waals surface area contributed by atoms with E-state index in [1.54, 1.807) is 14.2 Å². The van der Waals surface area contributed by atoms with Crippen LogP contribution in [0.15, 0.2) is 18.2 Å². The SMILES string of the molecule is CCNCCCNCCCc1cc(OC)cc(OC)c1. The van der Waals surface area contributed by atoms with Crippen LogP contribution < -0.4 is 20.1 Å². The van der Waals surface area contributed by atoms with Gasteiger partial charge in [0.25, 0.3) is 0 Å². The predicted octanol–water partition coefficient (Wildman–Crippen LogP) is 2.23. The summed E-state index contributed by atoms with van der Waals surface area (Å²) in [5.41, 5.74) is 1.26. The van der Waals surface area contributed by atoms with Gasteiger partial charge in [0.05, 0.1) is 14.2 Å². The van der Waals surface area contributed by atoms with Crippen LogP contribution >= 0.6 is 0 Å². The van der Waals surface area contributed by atoms with E-state index in [0.717, 1.165) is 50.5 Å². The molecule has 1 aromatic carbocycles. The van der Waals surface area contributed by atoms with Crippen LogP contribution in [-0.2, 0) is 6.42 Å². The molecule has 0 radical (unpaired) electrons. The summed E-state index contributed by atoms with van der Waals surface area (Å²) in [5.74, 6) is 1.72. The van der Waals surface area contributed by atoms with E-state index < -0.39 is 0 Å². The third-order valence-corrected chi connectivity index (χ3v) is 3.19. The van der Waals surface area contributed by atoms with Gasteiger partial charge < -0.3 is 20.1 Å². The maximum absolute atomic E-state index is 5.28. The molecule has 4 heteroatoms. The Morgan fingerprint density at radius 1 is 0.850 bits per heavy atom. The van der Waals surface area contributed by atoms with Gasteiger partial charge in [0.2, 0.25) is 0 Å². The van der Waals surface area contributed by atoms with Gasteiger partial charge in [-0.05, 0) is 63.1 Å². The Morgan fingerprint density at radius 3 is 2.05 bits per heavy atom. The molecule has 4 nitrogen and oxygen atoms in total. The number of methoxy groups -OCH3 is 2. The Balaban J connectivity index is 2.21. The number of hydrogen-bond acceptors (Lipinski definition) is 4. The first-order chi connectivity index (χ1) is 9.80. The highest BCUT2D eigenvalue weighted by molar-refractivity contribution is 5.38. The molecule has 0 aliphatic heterocycles. The van der Waals surface area contributed by atoms with Gasteiger partial charge >= 0.3 is 0 Å². The lowest BCUT2D eigenvalue weighted by atomic mass is 10.1. The summed E-state index contributed by atoms with van der Waals surface area (Å²) in [4.78, 5) is 0. The number of ether oxygens (including phenoxy) is 2. The fraction of sp³-hybridized carbons (Fsp3) is 0.625. The van der Waals surface area contributed by atoms with Crippen molar-refractivity contribution in [3.63, 3.8) is 0 Å². The average Bonchev–Trinajstić information content (AvgIpc) is 2.49. The molecule has 2 N–H and O–H groups in total. The second-order valence-corrected chi connectivity index (χ2v) is 4.78. The molecule has 0 atom stereocenters. The molecule has 0 unspecified atom stereocenters. The lowest BCUT2D eigenvalue weighted by Gasteiger charge is -2.09. The number of rotatable bonds is 11. The zero-order valence-electron chi connectivity index (χ0n) is 13.0. The first-order valence-corrected chi connectivity index (χ1v) is 7.43. The normalized spacial score (nSPS) is 10.6. The van der Waals surface area contributed by atoms with Crippen molar-refractivity contribution in [1.29, 1.82) is 0 Å². The van der Waals surface area contributed by atoms with Crippen molar-refractivity contribution >= 4 is 0 Å². The zero-order chi connectivity index (χ0) is 14.6. The van der Waals surface area contributed by atoms with Gasteiger partial charge in [-0.15, -0.1) is 0 Å².